The number of nitrogens with zero attached hydrogens (tertiary/aromatic N) is 3. The number of hydrogen-bond donors (Lipinski definition) is 0. The third kappa shape index (κ3) is 5.72. The summed E-state index contributed by atoms with van der Waals surface area (Å²) < 4.78 is 5.85. The Bertz CT molecular complexity index is 1270. The quantitative estimate of drug-likeness (QED) is 0.398. The van der Waals surface area contributed by atoms with Gasteiger partial charge >= 0.3 is 0 Å². The molecule has 35 heavy (non-hydrogen) atoms. The summed E-state index contributed by atoms with van der Waals surface area (Å²) in [5, 5.41) is 1.57. The number of halogens is 1. The average Bonchev–Trinajstić information content (AvgIpc) is 3.26. The smallest absolute Gasteiger partial charge is 0.286 e. The lowest BCUT2D eigenvalue weighted by molar-refractivity contribution is -0.113. The van der Waals surface area contributed by atoms with E-state index in [2.05, 4.69) is 26.9 Å². The zero-order chi connectivity index (χ0) is 24.2. The Hall–Kier alpha value is -3.22. The van der Waals surface area contributed by atoms with Crippen LogP contribution in [0.4, 0.5) is 5.69 Å². The molecule has 0 saturated carbocycles. The molecule has 3 aromatic carbocycles. The van der Waals surface area contributed by atoms with Crippen LogP contribution in [0.1, 0.15) is 16.7 Å². The van der Waals surface area contributed by atoms with Crippen LogP contribution in [0.5, 0.6) is 5.75 Å². The maximum atomic E-state index is 12.6. The number of aliphatic imine (C=N–C) groups is 1. The van der Waals surface area contributed by atoms with Crippen molar-refractivity contribution < 1.29 is 9.53 Å². The number of amides is 1. The highest BCUT2D eigenvalue weighted by atomic mass is 35.5. The van der Waals surface area contributed by atoms with Crippen molar-refractivity contribution in [1.82, 2.24) is 4.90 Å². The standard InChI is InChI=1S/C28H26ClN3O2S/c1-20-7-10-23(18-25(20)29)31-13-15-32(16-14-31)28-30-27(33)26(35-28)17-21-8-11-24(12-9-21)34-19-22-5-3-2-4-6-22/h2-12,17-18H,13-16,19H2,1H3. The minimum absolute atomic E-state index is 0.179. The normalized spacial score (nSPS) is 17.1. The third-order valence-electron chi connectivity index (χ3n) is 6.11. The van der Waals surface area contributed by atoms with Crippen molar-refractivity contribution in [1.29, 1.82) is 0 Å². The molecule has 0 bridgehead atoms. The highest BCUT2D eigenvalue weighted by molar-refractivity contribution is 8.18. The molecular weight excluding hydrogens is 478 g/mol. The number of hydrogen-bond acceptors (Lipinski definition) is 5. The fourth-order valence-corrected chi connectivity index (χ4v) is 5.16. The molecule has 5 rings (SSSR count). The van der Waals surface area contributed by atoms with Gasteiger partial charge in [-0.05, 0) is 65.7 Å². The van der Waals surface area contributed by atoms with Crippen LogP contribution in [0.3, 0.4) is 0 Å². The van der Waals surface area contributed by atoms with Gasteiger partial charge in [-0.3, -0.25) is 4.79 Å². The minimum atomic E-state index is -0.179. The second-order valence-corrected chi connectivity index (χ2v) is 9.98. The lowest BCUT2D eigenvalue weighted by Gasteiger charge is -2.36. The highest BCUT2D eigenvalue weighted by Crippen LogP contribution is 2.32. The summed E-state index contributed by atoms with van der Waals surface area (Å²) in [6, 6.07) is 24.0. The van der Waals surface area contributed by atoms with Crippen molar-refractivity contribution in [3.8, 4) is 5.75 Å². The van der Waals surface area contributed by atoms with Crippen LogP contribution in [-0.2, 0) is 11.4 Å². The van der Waals surface area contributed by atoms with Gasteiger partial charge in [-0.15, -0.1) is 0 Å². The van der Waals surface area contributed by atoms with E-state index in [1.54, 1.807) is 0 Å². The van der Waals surface area contributed by atoms with E-state index in [9.17, 15) is 4.79 Å². The number of anilines is 1. The number of rotatable bonds is 5. The molecule has 1 amide bonds. The zero-order valence-corrected chi connectivity index (χ0v) is 21.1. The van der Waals surface area contributed by atoms with Gasteiger partial charge in [0.25, 0.3) is 5.91 Å². The molecule has 1 saturated heterocycles. The fraction of sp³-hybridized carbons (Fsp3) is 0.214. The second kappa shape index (κ2) is 10.6. The Morgan fingerprint density at radius 2 is 1.69 bits per heavy atom. The lowest BCUT2D eigenvalue weighted by atomic mass is 10.2. The molecule has 2 aliphatic rings. The van der Waals surface area contributed by atoms with Gasteiger partial charge in [0.1, 0.15) is 12.4 Å². The van der Waals surface area contributed by atoms with E-state index in [-0.39, 0.29) is 5.91 Å². The van der Waals surface area contributed by atoms with Gasteiger partial charge < -0.3 is 14.5 Å². The Labute approximate surface area is 215 Å². The van der Waals surface area contributed by atoms with Crippen LogP contribution in [0.15, 0.2) is 82.7 Å². The summed E-state index contributed by atoms with van der Waals surface area (Å²) in [6.07, 6.45) is 1.90. The molecule has 0 aliphatic carbocycles. The maximum absolute atomic E-state index is 12.6. The van der Waals surface area contributed by atoms with Crippen molar-refractivity contribution in [3.05, 3.63) is 99.4 Å². The first kappa shape index (κ1) is 23.5. The lowest BCUT2D eigenvalue weighted by Crippen LogP contribution is -2.47. The van der Waals surface area contributed by atoms with Crippen molar-refractivity contribution in [2.75, 3.05) is 31.1 Å². The van der Waals surface area contributed by atoms with E-state index in [0.29, 0.717) is 11.5 Å². The first-order valence-corrected chi connectivity index (χ1v) is 12.8. The molecular formula is C28H26ClN3O2S. The Morgan fingerprint density at radius 1 is 0.971 bits per heavy atom. The van der Waals surface area contributed by atoms with Crippen molar-refractivity contribution in [2.45, 2.75) is 13.5 Å². The van der Waals surface area contributed by atoms with Gasteiger partial charge in [0.15, 0.2) is 5.17 Å². The molecule has 0 spiro atoms. The van der Waals surface area contributed by atoms with Gasteiger partial charge in [-0.1, -0.05) is 60.1 Å². The van der Waals surface area contributed by atoms with Crippen LogP contribution >= 0.6 is 23.4 Å². The predicted octanol–water partition coefficient (Wildman–Crippen LogP) is 6.02. The summed E-state index contributed by atoms with van der Waals surface area (Å²) in [6.45, 7) is 5.87. The first-order valence-electron chi connectivity index (χ1n) is 11.6. The molecule has 5 nitrogen and oxygen atoms in total. The van der Waals surface area contributed by atoms with E-state index >= 15 is 0 Å². The average molecular weight is 504 g/mol. The van der Waals surface area contributed by atoms with E-state index in [0.717, 1.165) is 64.5 Å². The molecule has 2 aliphatic heterocycles. The van der Waals surface area contributed by atoms with Crippen LogP contribution in [0.2, 0.25) is 5.02 Å². The number of thioether (sulfide) groups is 1. The molecule has 178 valence electrons. The topological polar surface area (TPSA) is 45.1 Å². The first-order chi connectivity index (χ1) is 17.0. The van der Waals surface area contributed by atoms with Gasteiger partial charge in [0, 0.05) is 36.9 Å². The number of ether oxygens (including phenoxy) is 1. The van der Waals surface area contributed by atoms with Gasteiger partial charge in [-0.25, -0.2) is 0 Å². The predicted molar refractivity (Wildman–Crippen MR) is 145 cm³/mol. The second-order valence-electron chi connectivity index (χ2n) is 8.56. The van der Waals surface area contributed by atoms with Crippen molar-refractivity contribution in [3.63, 3.8) is 0 Å². The largest absolute Gasteiger partial charge is 0.489 e. The minimum Gasteiger partial charge on any atom is -0.489 e. The summed E-state index contributed by atoms with van der Waals surface area (Å²) in [5.74, 6) is 0.619. The Kier molecular flexibility index (Phi) is 7.11. The molecule has 7 heteroatoms. The van der Waals surface area contributed by atoms with E-state index in [1.807, 2.05) is 73.7 Å². The van der Waals surface area contributed by atoms with E-state index in [4.69, 9.17) is 16.3 Å². The highest BCUT2D eigenvalue weighted by Gasteiger charge is 2.28. The van der Waals surface area contributed by atoms with E-state index in [1.165, 1.54) is 11.8 Å². The van der Waals surface area contributed by atoms with E-state index < -0.39 is 0 Å². The molecule has 3 aromatic rings. The monoisotopic (exact) mass is 503 g/mol. The Morgan fingerprint density at radius 3 is 2.40 bits per heavy atom. The number of carbonyl (C=O) groups excluding carboxylic acids is 1. The number of aryl methyl sites for hydroxylation is 1. The molecule has 0 N–H and O–H groups in total. The molecule has 0 radical (unpaired) electrons. The number of amidine groups is 1. The summed E-state index contributed by atoms with van der Waals surface area (Å²) in [5.41, 5.74) is 4.29. The summed E-state index contributed by atoms with van der Waals surface area (Å²) in [7, 11) is 0. The molecule has 0 unspecified atom stereocenters. The third-order valence-corrected chi connectivity index (χ3v) is 7.56. The molecule has 0 atom stereocenters. The number of piperazine rings is 1. The van der Waals surface area contributed by atoms with Crippen LogP contribution in [0, 0.1) is 6.92 Å². The molecule has 2 heterocycles. The van der Waals surface area contributed by atoms with Crippen molar-refractivity contribution in [2.24, 2.45) is 4.99 Å². The number of benzene rings is 3. The molecule has 0 aromatic heterocycles. The van der Waals surface area contributed by atoms with Gasteiger partial charge in [0.2, 0.25) is 0 Å². The maximum Gasteiger partial charge on any atom is 0.286 e. The van der Waals surface area contributed by atoms with Gasteiger partial charge in [-0.2, -0.15) is 4.99 Å². The SMILES string of the molecule is Cc1ccc(N2CCN(C3=NC(=O)C(=Cc4ccc(OCc5ccccc5)cc4)S3)CC2)cc1Cl. The zero-order valence-electron chi connectivity index (χ0n) is 19.5. The molecule has 1 fully saturated rings. The fourth-order valence-electron chi connectivity index (χ4n) is 4.02. The van der Waals surface area contributed by atoms with Crippen LogP contribution in [-0.4, -0.2) is 42.2 Å². The number of carbonyl (C=O) groups is 1. The Balaban J connectivity index is 1.16. The van der Waals surface area contributed by atoms with Gasteiger partial charge in [0.05, 0.1) is 4.91 Å². The van der Waals surface area contributed by atoms with Crippen molar-refractivity contribution >= 4 is 46.2 Å². The summed E-state index contributed by atoms with van der Waals surface area (Å²) >= 11 is 7.75. The van der Waals surface area contributed by atoms with Crippen LogP contribution in [0.25, 0.3) is 6.08 Å². The summed E-state index contributed by atoms with van der Waals surface area (Å²) in [4.78, 5) is 22.0. The van der Waals surface area contributed by atoms with Crippen LogP contribution < -0.4 is 9.64 Å².